The summed E-state index contributed by atoms with van der Waals surface area (Å²) in [5.74, 6) is -0.551. The molecule has 9 heteroatoms. The highest BCUT2D eigenvalue weighted by molar-refractivity contribution is 7.89. The average Bonchev–Trinajstić information content (AvgIpc) is 3.41. The topological polar surface area (TPSA) is 84.3 Å². The van der Waals surface area contributed by atoms with Gasteiger partial charge in [0.25, 0.3) is 0 Å². The lowest BCUT2D eigenvalue weighted by Gasteiger charge is -2.44. The van der Waals surface area contributed by atoms with Crippen molar-refractivity contribution in [2.75, 3.05) is 13.1 Å². The van der Waals surface area contributed by atoms with Crippen LogP contribution in [0, 0.1) is 11.2 Å². The number of carbonyl (C=O) groups is 1. The number of nitrogens with one attached hydrogen (secondary N) is 1. The molecule has 1 N–H and O–H groups in total. The molecular weight excluding hydrogens is 563 g/mol. The standard InChI is InChI=1S/C34H35FN4O3S/c1-33(2,3)26-9-15-30(16-10-26)43(41,42)38-18-17-27-19-31-25(22-37-39(31)29-13-11-28(35)12-14-29)20-34(27,23-38)32(40)36-21-24-7-5-4-6-8-24/h4-16,19,22H,17-18,20-21,23H2,1-3H3,(H,36,40). The van der Waals surface area contributed by atoms with Crippen LogP contribution in [-0.2, 0) is 33.2 Å². The van der Waals surface area contributed by atoms with Gasteiger partial charge in [-0.15, -0.1) is 0 Å². The minimum absolute atomic E-state index is 0.0178. The van der Waals surface area contributed by atoms with Crippen LogP contribution in [0.5, 0.6) is 0 Å². The summed E-state index contributed by atoms with van der Waals surface area (Å²) in [6.07, 6.45) is 4.38. The van der Waals surface area contributed by atoms with E-state index in [-0.39, 0.29) is 35.1 Å². The molecule has 43 heavy (non-hydrogen) atoms. The number of carbonyl (C=O) groups excluding carboxylic acids is 1. The van der Waals surface area contributed by atoms with Crippen LogP contribution in [0.1, 0.15) is 49.6 Å². The molecule has 0 radical (unpaired) electrons. The molecule has 1 fully saturated rings. The highest BCUT2D eigenvalue weighted by atomic mass is 32.2. The SMILES string of the molecule is CC(C)(C)c1ccc(S(=O)(=O)N2CCC3=Cc4c(cnn4-c4ccc(F)cc4)CC3(C(=O)NCc3ccccc3)C2)cc1. The van der Waals surface area contributed by atoms with Crippen LogP contribution in [0.25, 0.3) is 11.8 Å². The monoisotopic (exact) mass is 598 g/mol. The molecule has 1 aliphatic carbocycles. The van der Waals surface area contributed by atoms with E-state index in [0.717, 1.165) is 28.0 Å². The van der Waals surface area contributed by atoms with Gasteiger partial charge < -0.3 is 5.32 Å². The number of hydrogen-bond acceptors (Lipinski definition) is 4. The molecule has 1 aromatic heterocycles. The Balaban J connectivity index is 1.36. The molecule has 2 aliphatic rings. The maximum absolute atomic E-state index is 14.2. The van der Waals surface area contributed by atoms with Gasteiger partial charge in [0.15, 0.2) is 0 Å². The Kier molecular flexibility index (Phi) is 7.34. The quantitative estimate of drug-likeness (QED) is 0.311. The zero-order valence-corrected chi connectivity index (χ0v) is 25.4. The van der Waals surface area contributed by atoms with Crippen molar-refractivity contribution in [2.45, 2.75) is 50.5 Å². The summed E-state index contributed by atoms with van der Waals surface area (Å²) in [6.45, 7) is 6.86. The minimum Gasteiger partial charge on any atom is -0.351 e. The van der Waals surface area contributed by atoms with E-state index in [1.54, 1.807) is 35.1 Å². The molecule has 1 unspecified atom stereocenters. The summed E-state index contributed by atoms with van der Waals surface area (Å²) in [6, 6.07) is 22.8. The van der Waals surface area contributed by atoms with Crippen molar-refractivity contribution in [2.24, 2.45) is 5.41 Å². The fourth-order valence-electron chi connectivity index (χ4n) is 6.03. The third-order valence-corrected chi connectivity index (χ3v) is 10.4. The lowest BCUT2D eigenvalue weighted by atomic mass is 9.68. The predicted octanol–water partition coefficient (Wildman–Crippen LogP) is 5.65. The number of benzene rings is 3. The Labute approximate surface area is 252 Å². The third kappa shape index (κ3) is 5.43. The van der Waals surface area contributed by atoms with E-state index in [9.17, 15) is 17.6 Å². The second-order valence-corrected chi connectivity index (χ2v) is 14.3. The van der Waals surface area contributed by atoms with E-state index in [1.165, 1.54) is 16.4 Å². The van der Waals surface area contributed by atoms with Gasteiger partial charge in [-0.25, -0.2) is 17.5 Å². The molecule has 3 aromatic carbocycles. The highest BCUT2D eigenvalue weighted by Gasteiger charge is 2.50. The number of piperidine rings is 1. The first kappa shape index (κ1) is 29.0. The van der Waals surface area contributed by atoms with Gasteiger partial charge in [-0.05, 0) is 83.0 Å². The number of halogens is 1. The smallest absolute Gasteiger partial charge is 0.243 e. The largest absolute Gasteiger partial charge is 0.351 e. The second-order valence-electron chi connectivity index (χ2n) is 12.4. The first-order chi connectivity index (χ1) is 20.5. The molecule has 7 nitrogen and oxygen atoms in total. The Morgan fingerprint density at radius 1 is 1.00 bits per heavy atom. The van der Waals surface area contributed by atoms with E-state index < -0.39 is 15.4 Å². The zero-order chi connectivity index (χ0) is 30.4. The summed E-state index contributed by atoms with van der Waals surface area (Å²) in [4.78, 5) is 14.4. The molecule has 4 aromatic rings. The molecule has 2 heterocycles. The van der Waals surface area contributed by atoms with E-state index in [4.69, 9.17) is 0 Å². The fraction of sp³-hybridized carbons (Fsp3) is 0.294. The number of sulfonamides is 1. The molecule has 222 valence electrons. The van der Waals surface area contributed by atoms with Crippen molar-refractivity contribution in [3.8, 4) is 5.69 Å². The summed E-state index contributed by atoms with van der Waals surface area (Å²) >= 11 is 0. The highest BCUT2D eigenvalue weighted by Crippen LogP contribution is 2.45. The minimum atomic E-state index is -3.86. The summed E-state index contributed by atoms with van der Waals surface area (Å²) in [5.41, 5.74) is 4.02. The predicted molar refractivity (Wildman–Crippen MR) is 164 cm³/mol. The number of amides is 1. The lowest BCUT2D eigenvalue weighted by molar-refractivity contribution is -0.130. The molecule has 1 atom stereocenters. The first-order valence-electron chi connectivity index (χ1n) is 14.4. The van der Waals surface area contributed by atoms with Gasteiger partial charge in [0.05, 0.1) is 27.9 Å². The van der Waals surface area contributed by atoms with Gasteiger partial charge in [-0.1, -0.05) is 63.2 Å². The van der Waals surface area contributed by atoms with Gasteiger partial charge >= 0.3 is 0 Å². The normalized spacial score (nSPS) is 18.8. The average molecular weight is 599 g/mol. The summed E-state index contributed by atoms with van der Waals surface area (Å²) in [5, 5.41) is 7.67. The molecule has 0 spiro atoms. The second kappa shape index (κ2) is 10.9. The number of aromatic nitrogens is 2. The van der Waals surface area contributed by atoms with Crippen molar-refractivity contribution in [3.05, 3.63) is 119 Å². The first-order valence-corrected chi connectivity index (χ1v) is 15.9. The van der Waals surface area contributed by atoms with Gasteiger partial charge in [0, 0.05) is 19.6 Å². The van der Waals surface area contributed by atoms with Crippen LogP contribution < -0.4 is 5.32 Å². The van der Waals surface area contributed by atoms with Crippen LogP contribution in [0.4, 0.5) is 4.39 Å². The third-order valence-electron chi connectivity index (χ3n) is 8.54. The Bertz CT molecular complexity index is 1790. The van der Waals surface area contributed by atoms with Crippen LogP contribution in [0.15, 0.2) is 95.5 Å². The van der Waals surface area contributed by atoms with Gasteiger partial charge in [0.1, 0.15) is 5.82 Å². The van der Waals surface area contributed by atoms with Crippen molar-refractivity contribution in [1.82, 2.24) is 19.4 Å². The maximum atomic E-state index is 14.2. The summed E-state index contributed by atoms with van der Waals surface area (Å²) in [7, 11) is -3.86. The van der Waals surface area contributed by atoms with Gasteiger partial charge in [-0.2, -0.15) is 9.40 Å². The Morgan fingerprint density at radius 3 is 2.37 bits per heavy atom. The van der Waals surface area contributed by atoms with Crippen LogP contribution in [-0.4, -0.2) is 41.5 Å². The fourth-order valence-corrected chi connectivity index (χ4v) is 7.53. The van der Waals surface area contributed by atoms with Crippen molar-refractivity contribution >= 4 is 22.0 Å². The Hall–Kier alpha value is -4.08. The van der Waals surface area contributed by atoms with Crippen molar-refractivity contribution in [1.29, 1.82) is 0 Å². The van der Waals surface area contributed by atoms with Crippen LogP contribution >= 0.6 is 0 Å². The number of hydrogen-bond donors (Lipinski definition) is 1. The van der Waals surface area contributed by atoms with Crippen LogP contribution in [0.2, 0.25) is 0 Å². The number of nitrogens with zero attached hydrogens (tertiary/aromatic N) is 3. The molecule has 1 aliphatic heterocycles. The van der Waals surface area contributed by atoms with E-state index in [0.29, 0.717) is 25.1 Å². The molecule has 6 rings (SSSR count). The number of rotatable bonds is 6. The summed E-state index contributed by atoms with van der Waals surface area (Å²) < 4.78 is 44.7. The number of fused-ring (bicyclic) bond motifs is 2. The van der Waals surface area contributed by atoms with Gasteiger partial charge in [-0.3, -0.25) is 4.79 Å². The van der Waals surface area contributed by atoms with E-state index in [1.807, 2.05) is 48.5 Å². The molecule has 1 saturated heterocycles. The maximum Gasteiger partial charge on any atom is 0.243 e. The molecule has 0 saturated carbocycles. The van der Waals surface area contributed by atoms with Crippen molar-refractivity contribution in [3.63, 3.8) is 0 Å². The molecule has 1 amide bonds. The van der Waals surface area contributed by atoms with E-state index >= 15 is 0 Å². The van der Waals surface area contributed by atoms with E-state index in [2.05, 4.69) is 31.2 Å². The van der Waals surface area contributed by atoms with Crippen molar-refractivity contribution < 1.29 is 17.6 Å². The zero-order valence-electron chi connectivity index (χ0n) is 24.5. The Morgan fingerprint density at radius 2 is 1.70 bits per heavy atom. The van der Waals surface area contributed by atoms with Crippen LogP contribution in [0.3, 0.4) is 0 Å². The lowest BCUT2D eigenvalue weighted by Crippen LogP contribution is -2.56. The van der Waals surface area contributed by atoms with Gasteiger partial charge in [0.2, 0.25) is 15.9 Å². The molecular formula is C34H35FN4O3S. The molecule has 0 bridgehead atoms.